The lowest BCUT2D eigenvalue weighted by Gasteiger charge is -2.05. The molecule has 1 nitrogen and oxygen atoms in total. The van der Waals surface area contributed by atoms with Crippen molar-refractivity contribution in [1.82, 2.24) is 0 Å². The van der Waals surface area contributed by atoms with Crippen LogP contribution in [0.15, 0.2) is 78.9 Å². The van der Waals surface area contributed by atoms with Gasteiger partial charge in [0.25, 0.3) is 0 Å². The van der Waals surface area contributed by atoms with Crippen LogP contribution in [0.2, 0.25) is 0 Å². The summed E-state index contributed by atoms with van der Waals surface area (Å²) in [5, 5.41) is 0. The van der Waals surface area contributed by atoms with Gasteiger partial charge in [-0.25, -0.2) is 0 Å². The highest BCUT2D eigenvalue weighted by Gasteiger charge is 2.03. The minimum atomic E-state index is 0.0681. The summed E-state index contributed by atoms with van der Waals surface area (Å²) in [5.74, 6) is 0. The molecule has 3 aromatic carbocycles. The molecule has 0 fully saturated rings. The summed E-state index contributed by atoms with van der Waals surface area (Å²) in [5.41, 5.74) is 5.44. The lowest BCUT2D eigenvalue weighted by molar-refractivity contribution is 0.110. The maximum absolute atomic E-state index is 11.3. The Kier molecular flexibility index (Phi) is 4.15. The van der Waals surface area contributed by atoms with Gasteiger partial charge in [0.1, 0.15) is 0 Å². The summed E-state index contributed by atoms with van der Waals surface area (Å²) in [4.78, 5) is 11.3. The number of halogens is 1. The zero-order valence-electron chi connectivity index (χ0n) is 11.3. The summed E-state index contributed by atoms with van der Waals surface area (Å²) in [6, 6.07) is 26.5. The molecular weight excluding hydrogens is 371 g/mol. The van der Waals surface area contributed by atoms with Crippen LogP contribution in [0.4, 0.5) is 0 Å². The fourth-order valence-corrected chi connectivity index (χ4v) is 2.64. The van der Waals surface area contributed by atoms with Gasteiger partial charge in [0.2, 0.25) is 3.79 Å². The molecule has 21 heavy (non-hydrogen) atoms. The van der Waals surface area contributed by atoms with Crippen LogP contribution in [0, 0.1) is 0 Å². The van der Waals surface area contributed by atoms with Crippen LogP contribution in [0.25, 0.3) is 22.3 Å². The van der Waals surface area contributed by atoms with Crippen molar-refractivity contribution < 1.29 is 4.79 Å². The molecule has 0 atom stereocenters. The first-order valence-electron chi connectivity index (χ1n) is 6.70. The van der Waals surface area contributed by atoms with Crippen molar-refractivity contribution in [2.75, 3.05) is 0 Å². The molecule has 2 heteroatoms. The molecule has 3 rings (SSSR count). The van der Waals surface area contributed by atoms with Gasteiger partial charge >= 0.3 is 0 Å². The van der Waals surface area contributed by atoms with Crippen LogP contribution in [-0.4, -0.2) is 3.79 Å². The summed E-state index contributed by atoms with van der Waals surface area (Å²) in [7, 11) is 0. The summed E-state index contributed by atoms with van der Waals surface area (Å²) >= 11 is 1.81. The topological polar surface area (TPSA) is 17.1 Å². The number of benzene rings is 3. The van der Waals surface area contributed by atoms with E-state index in [1.54, 1.807) is 22.6 Å². The molecule has 102 valence electrons. The van der Waals surface area contributed by atoms with Crippen LogP contribution in [0.5, 0.6) is 0 Å². The molecule has 0 unspecified atom stereocenters. The largest absolute Gasteiger partial charge is 0.282 e. The van der Waals surface area contributed by atoms with Crippen LogP contribution in [0.1, 0.15) is 10.4 Å². The van der Waals surface area contributed by atoms with Crippen molar-refractivity contribution in [2.24, 2.45) is 0 Å². The van der Waals surface area contributed by atoms with Crippen molar-refractivity contribution >= 4 is 26.4 Å². The Morgan fingerprint density at radius 1 is 0.571 bits per heavy atom. The molecule has 0 radical (unpaired) electrons. The smallest absolute Gasteiger partial charge is 0.222 e. The Balaban J connectivity index is 1.89. The minimum absolute atomic E-state index is 0.0681. The lowest BCUT2D eigenvalue weighted by Crippen LogP contribution is -1.87. The molecule has 0 spiro atoms. The van der Waals surface area contributed by atoms with Crippen LogP contribution in [0.3, 0.4) is 0 Å². The number of hydrogen-bond acceptors (Lipinski definition) is 1. The van der Waals surface area contributed by atoms with E-state index in [-0.39, 0.29) is 3.79 Å². The molecule has 0 saturated carbocycles. The van der Waals surface area contributed by atoms with Crippen molar-refractivity contribution in [3.8, 4) is 22.3 Å². The molecule has 0 aromatic heterocycles. The summed E-state index contributed by atoms with van der Waals surface area (Å²) < 4.78 is 0.0681. The normalized spacial score (nSPS) is 10.3. The van der Waals surface area contributed by atoms with Gasteiger partial charge < -0.3 is 0 Å². The summed E-state index contributed by atoms with van der Waals surface area (Å²) in [6.07, 6.45) is 0. The fourth-order valence-electron chi connectivity index (χ4n) is 2.28. The van der Waals surface area contributed by atoms with Crippen LogP contribution >= 0.6 is 22.6 Å². The molecular formula is C19H13IO. The van der Waals surface area contributed by atoms with Gasteiger partial charge in [0.05, 0.1) is 0 Å². The minimum Gasteiger partial charge on any atom is -0.282 e. The van der Waals surface area contributed by atoms with Crippen molar-refractivity contribution in [1.29, 1.82) is 0 Å². The van der Waals surface area contributed by atoms with E-state index in [1.165, 1.54) is 11.1 Å². The predicted octanol–water partition coefficient (Wildman–Crippen LogP) is 5.60. The van der Waals surface area contributed by atoms with Crippen LogP contribution in [-0.2, 0) is 0 Å². The number of rotatable bonds is 3. The molecule has 0 bridgehead atoms. The quantitative estimate of drug-likeness (QED) is 0.425. The highest BCUT2D eigenvalue weighted by atomic mass is 127. The second-order valence-corrected chi connectivity index (χ2v) is 5.77. The number of hydrogen-bond donors (Lipinski definition) is 0. The van der Waals surface area contributed by atoms with Crippen LogP contribution < -0.4 is 0 Å². The Labute approximate surface area is 137 Å². The van der Waals surface area contributed by atoms with E-state index in [9.17, 15) is 4.79 Å². The second kappa shape index (κ2) is 6.22. The molecule has 0 aliphatic carbocycles. The third-order valence-electron chi connectivity index (χ3n) is 3.44. The molecule has 0 aliphatic heterocycles. The highest BCUT2D eigenvalue weighted by Crippen LogP contribution is 2.25. The van der Waals surface area contributed by atoms with E-state index in [2.05, 4.69) is 36.4 Å². The molecule has 0 saturated heterocycles. The molecule has 0 aliphatic rings. The van der Waals surface area contributed by atoms with Gasteiger partial charge in [-0.3, -0.25) is 4.79 Å². The van der Waals surface area contributed by atoms with E-state index in [1.807, 2.05) is 42.5 Å². The Morgan fingerprint density at radius 2 is 0.952 bits per heavy atom. The molecule has 0 amide bonds. The van der Waals surface area contributed by atoms with E-state index >= 15 is 0 Å². The van der Waals surface area contributed by atoms with Gasteiger partial charge in [0, 0.05) is 28.2 Å². The van der Waals surface area contributed by atoms with Gasteiger partial charge in [-0.15, -0.1) is 0 Å². The van der Waals surface area contributed by atoms with Gasteiger partial charge in [0.15, 0.2) is 0 Å². The highest BCUT2D eigenvalue weighted by molar-refractivity contribution is 14.1. The average Bonchev–Trinajstić information content (AvgIpc) is 2.56. The zero-order valence-corrected chi connectivity index (χ0v) is 13.4. The molecule has 3 aromatic rings. The first-order valence-corrected chi connectivity index (χ1v) is 7.78. The van der Waals surface area contributed by atoms with Crippen molar-refractivity contribution in [3.05, 3.63) is 84.4 Å². The molecule has 0 heterocycles. The third kappa shape index (κ3) is 3.22. The predicted molar refractivity (Wildman–Crippen MR) is 95.7 cm³/mol. The van der Waals surface area contributed by atoms with Crippen molar-refractivity contribution in [2.45, 2.75) is 0 Å². The standard InChI is InChI=1S/C19H13IO/c20-19(21)18-12-10-17(11-13-18)16-8-6-15(7-9-16)14-4-2-1-3-5-14/h1-13H. The van der Waals surface area contributed by atoms with E-state index < -0.39 is 0 Å². The van der Waals surface area contributed by atoms with Gasteiger partial charge in [-0.2, -0.15) is 0 Å². The van der Waals surface area contributed by atoms with E-state index in [4.69, 9.17) is 0 Å². The average molecular weight is 384 g/mol. The number of carbonyl (C=O) groups excluding carboxylic acids is 1. The number of carbonyl (C=O) groups is 1. The van der Waals surface area contributed by atoms with E-state index in [0.717, 1.165) is 16.7 Å². The van der Waals surface area contributed by atoms with Gasteiger partial charge in [-0.1, -0.05) is 66.7 Å². The SMILES string of the molecule is O=C(I)c1ccc(-c2ccc(-c3ccccc3)cc2)cc1. The first kappa shape index (κ1) is 14.0. The second-order valence-electron chi connectivity index (χ2n) is 4.79. The Bertz CT molecular complexity index is 744. The van der Waals surface area contributed by atoms with E-state index in [0.29, 0.717) is 0 Å². The maximum Gasteiger partial charge on any atom is 0.222 e. The third-order valence-corrected chi connectivity index (χ3v) is 4.06. The molecule has 0 N–H and O–H groups in total. The lowest BCUT2D eigenvalue weighted by atomic mass is 10.00. The van der Waals surface area contributed by atoms with Gasteiger partial charge in [-0.05, 0) is 34.4 Å². The fraction of sp³-hybridized carbons (Fsp3) is 0. The monoisotopic (exact) mass is 384 g/mol. The Morgan fingerprint density at radius 3 is 1.38 bits per heavy atom. The summed E-state index contributed by atoms with van der Waals surface area (Å²) in [6.45, 7) is 0. The maximum atomic E-state index is 11.3. The first-order chi connectivity index (χ1) is 10.2. The van der Waals surface area contributed by atoms with Crippen molar-refractivity contribution in [3.63, 3.8) is 0 Å². The Hall–Kier alpha value is -1.94. The zero-order chi connectivity index (χ0) is 14.7.